The lowest BCUT2D eigenvalue weighted by atomic mass is 10.1. The Bertz CT molecular complexity index is 726. The van der Waals surface area contributed by atoms with Crippen LogP contribution in [-0.2, 0) is 10.3 Å². The Hall–Kier alpha value is -2.14. The highest BCUT2D eigenvalue weighted by molar-refractivity contribution is 7.84. The lowest BCUT2D eigenvalue weighted by Gasteiger charge is -2.21. The van der Waals surface area contributed by atoms with Crippen LogP contribution in [-0.4, -0.2) is 57.9 Å². The highest BCUT2D eigenvalue weighted by Gasteiger charge is 2.42. The van der Waals surface area contributed by atoms with Gasteiger partial charge in [0, 0.05) is 13.1 Å². The number of urea groups is 1. The number of hydrogen-bond acceptors (Lipinski definition) is 5. The summed E-state index contributed by atoms with van der Waals surface area (Å²) in [6, 6.07) is -0.426. The molecule has 1 aromatic rings. The molecule has 2 saturated heterocycles. The number of carbonyl (C=O) groups is 2. The van der Waals surface area contributed by atoms with Crippen LogP contribution in [0.4, 0.5) is 10.6 Å². The monoisotopic (exact) mass is 315 g/mol. The van der Waals surface area contributed by atoms with Gasteiger partial charge in [-0.3, -0.25) is 14.2 Å². The van der Waals surface area contributed by atoms with Gasteiger partial charge in [0.15, 0.2) is 5.82 Å². The molecule has 21 heavy (non-hydrogen) atoms. The number of rotatable bonds is 3. The average molecular weight is 315 g/mol. The van der Waals surface area contributed by atoms with Gasteiger partial charge in [-0.05, 0) is 12.8 Å². The van der Waals surface area contributed by atoms with Gasteiger partial charge < -0.3 is 10.6 Å². The highest BCUT2D eigenvalue weighted by atomic mass is 32.2. The number of primary amides is 1. The molecule has 114 valence electrons. The molecule has 3 heterocycles. The SMILES string of the molecule is NC(=O)c1nc(N2C(=O)N3CCCC2C3)cn1S(=O)(=O)O. The molecule has 0 aliphatic carbocycles. The van der Waals surface area contributed by atoms with E-state index in [1.54, 1.807) is 4.90 Å². The maximum absolute atomic E-state index is 12.2. The number of carbonyl (C=O) groups excluding carboxylic acids is 2. The van der Waals surface area contributed by atoms with Crippen molar-refractivity contribution in [2.75, 3.05) is 18.0 Å². The molecule has 0 saturated carbocycles. The maximum atomic E-state index is 12.2. The average Bonchev–Trinajstić information content (AvgIpc) is 2.91. The normalized spacial score (nSPS) is 22.0. The summed E-state index contributed by atoms with van der Waals surface area (Å²) in [6.07, 6.45) is 2.52. The number of anilines is 1. The fourth-order valence-electron chi connectivity index (χ4n) is 2.74. The Balaban J connectivity index is 2.08. The van der Waals surface area contributed by atoms with Gasteiger partial charge >= 0.3 is 16.3 Å². The number of imidazole rings is 1. The first-order valence-corrected chi connectivity index (χ1v) is 7.64. The van der Waals surface area contributed by atoms with Gasteiger partial charge in [-0.15, -0.1) is 0 Å². The molecule has 2 bridgehead atoms. The number of nitrogens with zero attached hydrogens (tertiary/aromatic N) is 4. The zero-order valence-electron chi connectivity index (χ0n) is 10.8. The van der Waals surface area contributed by atoms with Gasteiger partial charge in [0.05, 0.1) is 12.2 Å². The third-order valence-corrected chi connectivity index (χ3v) is 4.39. The van der Waals surface area contributed by atoms with Crippen LogP contribution in [0.5, 0.6) is 0 Å². The maximum Gasteiger partial charge on any atom is 0.365 e. The molecule has 1 atom stereocenters. The molecule has 2 fully saturated rings. The van der Waals surface area contributed by atoms with E-state index in [9.17, 15) is 18.0 Å². The van der Waals surface area contributed by atoms with Crippen molar-refractivity contribution in [1.82, 2.24) is 13.9 Å². The van der Waals surface area contributed by atoms with E-state index in [0.717, 1.165) is 19.0 Å². The van der Waals surface area contributed by atoms with Crippen LogP contribution in [0, 0.1) is 0 Å². The fourth-order valence-corrected chi connectivity index (χ4v) is 3.32. The standard InChI is InChI=1S/C10H13N5O5S/c11-8(16)9-12-7(5-14(9)21(18,19)20)15-6-2-1-3-13(4-6)10(15)17/h5-6H,1-4H2,(H2,11,16)(H,18,19,20). The zero-order valence-corrected chi connectivity index (χ0v) is 11.7. The predicted octanol–water partition coefficient (Wildman–Crippen LogP) is -0.963. The summed E-state index contributed by atoms with van der Waals surface area (Å²) in [5.41, 5.74) is 5.05. The second-order valence-electron chi connectivity index (χ2n) is 4.96. The Kier molecular flexibility index (Phi) is 2.92. The number of fused-ring (bicyclic) bond motifs is 2. The van der Waals surface area contributed by atoms with Crippen LogP contribution in [0.15, 0.2) is 6.20 Å². The number of hydrogen-bond donors (Lipinski definition) is 2. The molecule has 1 unspecified atom stereocenters. The van der Waals surface area contributed by atoms with Crippen LogP contribution in [0.25, 0.3) is 0 Å². The van der Waals surface area contributed by atoms with Gasteiger partial charge in [-0.1, -0.05) is 0 Å². The van der Waals surface area contributed by atoms with Crippen molar-refractivity contribution in [3.05, 3.63) is 12.0 Å². The summed E-state index contributed by atoms with van der Waals surface area (Å²) < 4.78 is 31.9. The van der Waals surface area contributed by atoms with E-state index in [2.05, 4.69) is 4.98 Å². The van der Waals surface area contributed by atoms with Crippen LogP contribution in [0.3, 0.4) is 0 Å². The van der Waals surface area contributed by atoms with E-state index in [-0.39, 0.29) is 21.9 Å². The lowest BCUT2D eigenvalue weighted by molar-refractivity contribution is 0.0989. The number of aromatic nitrogens is 2. The molecule has 3 rings (SSSR count). The third kappa shape index (κ3) is 2.14. The van der Waals surface area contributed by atoms with Gasteiger partial charge in [-0.2, -0.15) is 12.4 Å². The molecule has 1 aromatic heterocycles. The predicted molar refractivity (Wildman–Crippen MR) is 70.2 cm³/mol. The van der Waals surface area contributed by atoms with Crippen molar-refractivity contribution in [2.45, 2.75) is 18.9 Å². The molecule has 10 nitrogen and oxygen atoms in total. The topological polar surface area (TPSA) is 139 Å². The molecule has 2 aliphatic heterocycles. The van der Waals surface area contributed by atoms with Gasteiger partial charge in [0.25, 0.3) is 5.91 Å². The summed E-state index contributed by atoms with van der Waals surface area (Å²) in [5.74, 6) is -1.77. The largest absolute Gasteiger partial charge is 0.365 e. The first kappa shape index (κ1) is 13.8. The summed E-state index contributed by atoms with van der Waals surface area (Å²) in [7, 11) is -4.73. The van der Waals surface area contributed by atoms with Gasteiger partial charge in [0.2, 0.25) is 5.82 Å². The van der Waals surface area contributed by atoms with Crippen LogP contribution < -0.4 is 10.6 Å². The van der Waals surface area contributed by atoms with E-state index in [1.165, 1.54) is 4.90 Å². The minimum Gasteiger partial charge on any atom is -0.363 e. The van der Waals surface area contributed by atoms with E-state index in [1.807, 2.05) is 0 Å². The van der Waals surface area contributed by atoms with Crippen LogP contribution in [0.2, 0.25) is 0 Å². The molecule has 11 heteroatoms. The quantitative estimate of drug-likeness (QED) is 0.688. The van der Waals surface area contributed by atoms with Crippen molar-refractivity contribution in [2.24, 2.45) is 5.73 Å². The second-order valence-corrected chi connectivity index (χ2v) is 6.24. The fraction of sp³-hybridized carbons (Fsp3) is 0.500. The second kappa shape index (κ2) is 4.43. The molecule has 0 aromatic carbocycles. The summed E-state index contributed by atoms with van der Waals surface area (Å²) in [5, 5.41) is 0. The molecular formula is C10H13N5O5S. The van der Waals surface area contributed by atoms with Crippen molar-refractivity contribution in [3.8, 4) is 0 Å². The number of piperidine rings is 1. The van der Waals surface area contributed by atoms with E-state index in [0.29, 0.717) is 13.1 Å². The van der Waals surface area contributed by atoms with E-state index < -0.39 is 22.0 Å². The number of amides is 3. The third-order valence-electron chi connectivity index (χ3n) is 3.62. The first-order chi connectivity index (χ1) is 9.79. The zero-order chi connectivity index (χ0) is 15.4. The minimum absolute atomic E-state index is 0.0131. The minimum atomic E-state index is -4.73. The Morgan fingerprint density at radius 3 is 2.71 bits per heavy atom. The highest BCUT2D eigenvalue weighted by Crippen LogP contribution is 2.30. The smallest absolute Gasteiger partial charge is 0.363 e. The van der Waals surface area contributed by atoms with Gasteiger partial charge in [0.1, 0.15) is 0 Å². The molecule has 3 amide bonds. The van der Waals surface area contributed by atoms with Crippen LogP contribution in [0.1, 0.15) is 23.5 Å². The Labute approximate surface area is 120 Å². The van der Waals surface area contributed by atoms with Gasteiger partial charge in [-0.25, -0.2) is 9.78 Å². The van der Waals surface area contributed by atoms with Crippen LogP contribution >= 0.6 is 0 Å². The number of nitrogens with two attached hydrogens (primary N) is 1. The van der Waals surface area contributed by atoms with Crippen molar-refractivity contribution >= 4 is 28.1 Å². The molecule has 0 spiro atoms. The first-order valence-electron chi connectivity index (χ1n) is 6.24. The Morgan fingerprint density at radius 2 is 2.19 bits per heavy atom. The van der Waals surface area contributed by atoms with Crippen molar-refractivity contribution < 1.29 is 22.6 Å². The summed E-state index contributed by atoms with van der Waals surface area (Å²) in [6.45, 7) is 1.16. The summed E-state index contributed by atoms with van der Waals surface area (Å²) >= 11 is 0. The van der Waals surface area contributed by atoms with Crippen molar-refractivity contribution in [1.29, 1.82) is 0 Å². The molecular weight excluding hydrogens is 302 g/mol. The lowest BCUT2D eigenvalue weighted by Crippen LogP contribution is -2.33. The summed E-state index contributed by atoms with van der Waals surface area (Å²) in [4.78, 5) is 30.2. The van der Waals surface area contributed by atoms with Crippen molar-refractivity contribution in [3.63, 3.8) is 0 Å². The Morgan fingerprint density at radius 1 is 1.48 bits per heavy atom. The van der Waals surface area contributed by atoms with E-state index in [4.69, 9.17) is 10.3 Å². The molecule has 0 radical (unpaired) electrons. The molecule has 2 aliphatic rings. The molecule has 3 N–H and O–H groups in total. The van der Waals surface area contributed by atoms with E-state index >= 15 is 0 Å².